The molecular formula is C14H24N4. The lowest BCUT2D eigenvalue weighted by Crippen LogP contribution is -2.21. The molecular weight excluding hydrogens is 224 g/mol. The Bertz CT molecular complexity index is 381. The van der Waals surface area contributed by atoms with Gasteiger partial charge in [0.1, 0.15) is 5.82 Å². The van der Waals surface area contributed by atoms with E-state index in [9.17, 15) is 0 Å². The molecule has 1 aromatic rings. The minimum absolute atomic E-state index is 0.546. The fraction of sp³-hybridized carbons (Fsp3) is 0.714. The van der Waals surface area contributed by atoms with Gasteiger partial charge in [-0.2, -0.15) is 4.98 Å². The number of aryl methyl sites for hydroxylation is 1. The highest BCUT2D eigenvalue weighted by Crippen LogP contribution is 2.21. The van der Waals surface area contributed by atoms with Gasteiger partial charge in [0.25, 0.3) is 0 Å². The third-order valence-corrected chi connectivity index (χ3v) is 3.56. The quantitative estimate of drug-likeness (QED) is 0.835. The minimum Gasteiger partial charge on any atom is -0.362 e. The van der Waals surface area contributed by atoms with E-state index in [2.05, 4.69) is 15.3 Å². The lowest BCUT2D eigenvalue weighted by molar-refractivity contribution is 0.614. The Hall–Kier alpha value is -1.32. The molecule has 1 aliphatic rings. The van der Waals surface area contributed by atoms with Crippen molar-refractivity contribution in [3.05, 3.63) is 11.8 Å². The molecule has 1 aromatic heterocycles. The van der Waals surface area contributed by atoms with Crippen LogP contribution in [0, 0.1) is 6.92 Å². The van der Waals surface area contributed by atoms with Crippen LogP contribution in [0.25, 0.3) is 0 Å². The predicted octanol–water partition coefficient (Wildman–Crippen LogP) is 2.99. The summed E-state index contributed by atoms with van der Waals surface area (Å²) in [6.07, 6.45) is 9.78. The van der Waals surface area contributed by atoms with Gasteiger partial charge in [-0.05, 0) is 19.8 Å². The van der Waals surface area contributed by atoms with E-state index in [1.807, 2.05) is 32.1 Å². The normalized spacial score (nSPS) is 17.3. The van der Waals surface area contributed by atoms with Gasteiger partial charge < -0.3 is 10.2 Å². The first-order chi connectivity index (χ1) is 8.66. The third kappa shape index (κ3) is 3.34. The maximum atomic E-state index is 4.60. The zero-order valence-corrected chi connectivity index (χ0v) is 11.7. The van der Waals surface area contributed by atoms with Gasteiger partial charge in [-0.25, -0.2) is 4.98 Å². The molecule has 0 aromatic carbocycles. The molecule has 100 valence electrons. The number of nitrogens with one attached hydrogen (secondary N) is 1. The first-order valence-electron chi connectivity index (χ1n) is 6.94. The largest absolute Gasteiger partial charge is 0.362 e. The van der Waals surface area contributed by atoms with Crippen molar-refractivity contribution < 1.29 is 0 Å². The standard InChI is InChI=1S/C14H24N4/c1-11-10-15-14(17-13(11)18(2)3)16-12-8-6-4-5-7-9-12/h10,12H,4-9H2,1-3H3,(H,15,16,17). The van der Waals surface area contributed by atoms with E-state index in [-0.39, 0.29) is 0 Å². The molecule has 0 bridgehead atoms. The molecule has 0 unspecified atom stereocenters. The van der Waals surface area contributed by atoms with Gasteiger partial charge in [-0.15, -0.1) is 0 Å². The summed E-state index contributed by atoms with van der Waals surface area (Å²) in [4.78, 5) is 11.0. The lowest BCUT2D eigenvalue weighted by Gasteiger charge is -2.19. The van der Waals surface area contributed by atoms with Crippen molar-refractivity contribution in [3.63, 3.8) is 0 Å². The smallest absolute Gasteiger partial charge is 0.224 e. The fourth-order valence-corrected chi connectivity index (χ4v) is 2.56. The molecule has 4 heteroatoms. The van der Waals surface area contributed by atoms with Crippen LogP contribution in [0.5, 0.6) is 0 Å². The number of nitrogens with zero attached hydrogens (tertiary/aromatic N) is 3. The second kappa shape index (κ2) is 6.03. The molecule has 2 rings (SSSR count). The van der Waals surface area contributed by atoms with Crippen LogP contribution in [-0.2, 0) is 0 Å². The summed E-state index contributed by atoms with van der Waals surface area (Å²) in [5.41, 5.74) is 1.12. The molecule has 1 fully saturated rings. The second-order valence-electron chi connectivity index (χ2n) is 5.43. The first-order valence-corrected chi connectivity index (χ1v) is 6.94. The van der Waals surface area contributed by atoms with E-state index in [1.54, 1.807) is 0 Å². The molecule has 1 aliphatic carbocycles. The summed E-state index contributed by atoms with van der Waals surface area (Å²) in [6.45, 7) is 2.05. The monoisotopic (exact) mass is 248 g/mol. The maximum Gasteiger partial charge on any atom is 0.224 e. The van der Waals surface area contributed by atoms with Crippen molar-refractivity contribution in [2.24, 2.45) is 0 Å². The van der Waals surface area contributed by atoms with E-state index in [0.717, 1.165) is 17.3 Å². The van der Waals surface area contributed by atoms with Crippen LogP contribution in [-0.4, -0.2) is 30.1 Å². The molecule has 0 saturated heterocycles. The van der Waals surface area contributed by atoms with Gasteiger partial charge in [0.05, 0.1) is 0 Å². The molecule has 4 nitrogen and oxygen atoms in total. The summed E-state index contributed by atoms with van der Waals surface area (Å²) in [7, 11) is 4.04. The molecule has 0 radical (unpaired) electrons. The molecule has 0 atom stereocenters. The Balaban J connectivity index is 2.06. The lowest BCUT2D eigenvalue weighted by atomic mass is 10.1. The van der Waals surface area contributed by atoms with Crippen molar-refractivity contribution in [1.29, 1.82) is 0 Å². The van der Waals surface area contributed by atoms with E-state index in [0.29, 0.717) is 6.04 Å². The van der Waals surface area contributed by atoms with E-state index in [1.165, 1.54) is 38.5 Å². The molecule has 0 spiro atoms. The highest BCUT2D eigenvalue weighted by Gasteiger charge is 2.14. The Morgan fingerprint density at radius 3 is 2.44 bits per heavy atom. The Morgan fingerprint density at radius 2 is 1.83 bits per heavy atom. The van der Waals surface area contributed by atoms with Gasteiger partial charge in [-0.3, -0.25) is 0 Å². The molecule has 1 saturated carbocycles. The van der Waals surface area contributed by atoms with Crippen molar-refractivity contribution >= 4 is 11.8 Å². The van der Waals surface area contributed by atoms with Crippen LogP contribution in [0.3, 0.4) is 0 Å². The number of hydrogen-bond acceptors (Lipinski definition) is 4. The summed E-state index contributed by atoms with van der Waals surface area (Å²) in [6, 6.07) is 0.546. The fourth-order valence-electron chi connectivity index (χ4n) is 2.56. The van der Waals surface area contributed by atoms with Crippen LogP contribution in [0.2, 0.25) is 0 Å². The van der Waals surface area contributed by atoms with Gasteiger partial charge >= 0.3 is 0 Å². The number of anilines is 2. The Kier molecular flexibility index (Phi) is 4.39. The highest BCUT2D eigenvalue weighted by atomic mass is 15.2. The zero-order chi connectivity index (χ0) is 13.0. The number of aromatic nitrogens is 2. The van der Waals surface area contributed by atoms with Crippen LogP contribution < -0.4 is 10.2 Å². The van der Waals surface area contributed by atoms with Crippen molar-refractivity contribution in [3.8, 4) is 0 Å². The van der Waals surface area contributed by atoms with E-state index in [4.69, 9.17) is 0 Å². The predicted molar refractivity (Wildman–Crippen MR) is 76.2 cm³/mol. The first kappa shape index (κ1) is 13.1. The van der Waals surface area contributed by atoms with Gasteiger partial charge in [0.15, 0.2) is 0 Å². The second-order valence-corrected chi connectivity index (χ2v) is 5.43. The van der Waals surface area contributed by atoms with Crippen LogP contribution >= 0.6 is 0 Å². The highest BCUT2D eigenvalue weighted by molar-refractivity contribution is 5.47. The summed E-state index contributed by atoms with van der Waals surface area (Å²) in [5.74, 6) is 1.78. The third-order valence-electron chi connectivity index (χ3n) is 3.56. The summed E-state index contributed by atoms with van der Waals surface area (Å²) in [5, 5.41) is 3.49. The summed E-state index contributed by atoms with van der Waals surface area (Å²) < 4.78 is 0. The van der Waals surface area contributed by atoms with Gasteiger partial charge in [-0.1, -0.05) is 25.7 Å². The average Bonchev–Trinajstić information content (AvgIpc) is 2.60. The SMILES string of the molecule is Cc1cnc(NC2CCCCCC2)nc1N(C)C. The average molecular weight is 248 g/mol. The maximum absolute atomic E-state index is 4.60. The van der Waals surface area contributed by atoms with Crippen LogP contribution in [0.1, 0.15) is 44.1 Å². The number of hydrogen-bond donors (Lipinski definition) is 1. The Labute approximate surface area is 110 Å². The van der Waals surface area contributed by atoms with Crippen molar-refractivity contribution in [1.82, 2.24) is 9.97 Å². The van der Waals surface area contributed by atoms with Crippen molar-refractivity contribution in [2.75, 3.05) is 24.3 Å². The van der Waals surface area contributed by atoms with Gasteiger partial charge in [0, 0.05) is 31.9 Å². The molecule has 1 heterocycles. The molecule has 18 heavy (non-hydrogen) atoms. The number of rotatable bonds is 3. The molecule has 0 amide bonds. The van der Waals surface area contributed by atoms with E-state index < -0.39 is 0 Å². The Morgan fingerprint density at radius 1 is 1.17 bits per heavy atom. The van der Waals surface area contributed by atoms with Crippen molar-refractivity contribution in [2.45, 2.75) is 51.5 Å². The topological polar surface area (TPSA) is 41.1 Å². The van der Waals surface area contributed by atoms with Crippen LogP contribution in [0.15, 0.2) is 6.20 Å². The van der Waals surface area contributed by atoms with E-state index >= 15 is 0 Å². The van der Waals surface area contributed by atoms with Crippen LogP contribution in [0.4, 0.5) is 11.8 Å². The summed E-state index contributed by atoms with van der Waals surface area (Å²) >= 11 is 0. The minimum atomic E-state index is 0.546. The molecule has 0 aliphatic heterocycles. The van der Waals surface area contributed by atoms with Gasteiger partial charge in [0.2, 0.25) is 5.95 Å². The zero-order valence-electron chi connectivity index (χ0n) is 11.7. The molecule has 1 N–H and O–H groups in total.